The number of rotatable bonds is 1. The molecule has 2 aliphatic rings. The first-order valence-electron chi connectivity index (χ1n) is 5.77. The van der Waals surface area contributed by atoms with E-state index in [9.17, 15) is 0 Å². The van der Waals surface area contributed by atoms with Crippen LogP contribution in [-0.4, -0.2) is 0 Å². The third-order valence-electron chi connectivity index (χ3n) is 4.17. The predicted molar refractivity (Wildman–Crippen MR) is 53.0 cm³/mol. The van der Waals surface area contributed by atoms with Crippen LogP contribution in [0.25, 0.3) is 0 Å². The molecule has 0 amide bonds. The van der Waals surface area contributed by atoms with Gasteiger partial charge in [0.05, 0.1) is 0 Å². The summed E-state index contributed by atoms with van der Waals surface area (Å²) in [5.41, 5.74) is 0. The Morgan fingerprint density at radius 1 is 0.750 bits per heavy atom. The summed E-state index contributed by atoms with van der Waals surface area (Å²) in [7, 11) is 0. The number of hydrogen-bond donors (Lipinski definition) is 0. The molecule has 2 fully saturated rings. The summed E-state index contributed by atoms with van der Waals surface area (Å²) in [6.07, 6.45) is 9.17. The molecule has 0 N–H and O–H groups in total. The van der Waals surface area contributed by atoms with Crippen LogP contribution in [0.1, 0.15) is 52.4 Å². The molecular weight excluding hydrogens is 144 g/mol. The summed E-state index contributed by atoms with van der Waals surface area (Å²) >= 11 is 0. The normalized spacial score (nSPS) is 44.0. The molecule has 0 spiro atoms. The molecule has 12 heavy (non-hydrogen) atoms. The standard InChI is InChI=1S/C12H22/c1-9-4-3-5-12(8-10(9)2)11-6-7-11/h9-12H,3-8H2,1-2H3. The van der Waals surface area contributed by atoms with Crippen molar-refractivity contribution in [3.63, 3.8) is 0 Å². The highest BCUT2D eigenvalue weighted by Crippen LogP contribution is 2.45. The molecular formula is C12H22. The first kappa shape index (κ1) is 8.59. The molecule has 0 bridgehead atoms. The average molecular weight is 166 g/mol. The lowest BCUT2D eigenvalue weighted by atomic mass is 9.87. The Morgan fingerprint density at radius 2 is 1.50 bits per heavy atom. The summed E-state index contributed by atoms with van der Waals surface area (Å²) in [6.45, 7) is 4.91. The van der Waals surface area contributed by atoms with Gasteiger partial charge in [0.15, 0.2) is 0 Å². The quantitative estimate of drug-likeness (QED) is 0.519. The van der Waals surface area contributed by atoms with E-state index in [2.05, 4.69) is 13.8 Å². The largest absolute Gasteiger partial charge is 0.0623 e. The van der Waals surface area contributed by atoms with Gasteiger partial charge >= 0.3 is 0 Å². The van der Waals surface area contributed by atoms with Gasteiger partial charge in [0.25, 0.3) is 0 Å². The second-order valence-electron chi connectivity index (χ2n) is 5.22. The smallest absolute Gasteiger partial charge is 0.0383 e. The second kappa shape index (κ2) is 3.40. The van der Waals surface area contributed by atoms with E-state index in [1.807, 2.05) is 0 Å². The molecule has 3 unspecified atom stereocenters. The van der Waals surface area contributed by atoms with E-state index < -0.39 is 0 Å². The molecule has 0 aromatic carbocycles. The third kappa shape index (κ3) is 1.84. The summed E-state index contributed by atoms with van der Waals surface area (Å²) in [5, 5.41) is 0. The maximum Gasteiger partial charge on any atom is -0.0383 e. The van der Waals surface area contributed by atoms with E-state index in [1.165, 1.54) is 19.3 Å². The molecule has 0 radical (unpaired) electrons. The van der Waals surface area contributed by atoms with Crippen molar-refractivity contribution in [1.82, 2.24) is 0 Å². The zero-order valence-corrected chi connectivity index (χ0v) is 8.55. The highest BCUT2D eigenvalue weighted by molar-refractivity contribution is 4.85. The van der Waals surface area contributed by atoms with Gasteiger partial charge in [-0.05, 0) is 42.9 Å². The Labute approximate surface area is 76.7 Å². The number of hydrogen-bond acceptors (Lipinski definition) is 0. The van der Waals surface area contributed by atoms with Gasteiger partial charge in [-0.2, -0.15) is 0 Å². The zero-order chi connectivity index (χ0) is 8.55. The van der Waals surface area contributed by atoms with Crippen LogP contribution in [0, 0.1) is 23.7 Å². The molecule has 0 saturated heterocycles. The Hall–Kier alpha value is 0. The van der Waals surface area contributed by atoms with Crippen molar-refractivity contribution >= 4 is 0 Å². The lowest BCUT2D eigenvalue weighted by Crippen LogP contribution is -2.10. The van der Waals surface area contributed by atoms with Crippen LogP contribution in [0.5, 0.6) is 0 Å². The summed E-state index contributed by atoms with van der Waals surface area (Å²) in [4.78, 5) is 0. The van der Waals surface area contributed by atoms with E-state index in [-0.39, 0.29) is 0 Å². The van der Waals surface area contributed by atoms with Crippen molar-refractivity contribution < 1.29 is 0 Å². The molecule has 0 heteroatoms. The van der Waals surface area contributed by atoms with E-state index in [4.69, 9.17) is 0 Å². The Kier molecular flexibility index (Phi) is 2.43. The maximum absolute atomic E-state index is 2.46. The summed E-state index contributed by atoms with van der Waals surface area (Å²) < 4.78 is 0. The summed E-state index contributed by atoms with van der Waals surface area (Å²) in [6, 6.07) is 0. The van der Waals surface area contributed by atoms with Crippen LogP contribution in [0.3, 0.4) is 0 Å². The van der Waals surface area contributed by atoms with E-state index in [0.717, 1.165) is 23.7 Å². The van der Waals surface area contributed by atoms with Crippen molar-refractivity contribution in [1.29, 1.82) is 0 Å². The lowest BCUT2D eigenvalue weighted by molar-refractivity contribution is 0.312. The van der Waals surface area contributed by atoms with Crippen LogP contribution in [0.2, 0.25) is 0 Å². The van der Waals surface area contributed by atoms with E-state index in [0.29, 0.717) is 0 Å². The van der Waals surface area contributed by atoms with Gasteiger partial charge < -0.3 is 0 Å². The minimum absolute atomic E-state index is 0.994. The highest BCUT2D eigenvalue weighted by Gasteiger charge is 2.33. The Morgan fingerprint density at radius 3 is 2.17 bits per heavy atom. The van der Waals surface area contributed by atoms with Crippen molar-refractivity contribution in [3.8, 4) is 0 Å². The molecule has 0 aromatic heterocycles. The van der Waals surface area contributed by atoms with Gasteiger partial charge in [-0.1, -0.05) is 33.1 Å². The summed E-state index contributed by atoms with van der Waals surface area (Å²) in [5.74, 6) is 4.26. The van der Waals surface area contributed by atoms with Crippen LogP contribution in [0.15, 0.2) is 0 Å². The van der Waals surface area contributed by atoms with Gasteiger partial charge in [0.2, 0.25) is 0 Å². The van der Waals surface area contributed by atoms with E-state index in [1.54, 1.807) is 19.3 Å². The molecule has 70 valence electrons. The Bertz CT molecular complexity index is 146. The predicted octanol–water partition coefficient (Wildman–Crippen LogP) is 3.86. The Balaban J connectivity index is 1.90. The average Bonchev–Trinajstić information content (AvgIpc) is 2.82. The molecule has 2 saturated carbocycles. The van der Waals surface area contributed by atoms with Gasteiger partial charge in [-0.15, -0.1) is 0 Å². The third-order valence-corrected chi connectivity index (χ3v) is 4.17. The lowest BCUT2D eigenvalue weighted by Gasteiger charge is -2.19. The SMILES string of the molecule is CC1CCCC(C2CC2)CC1C. The molecule has 0 aliphatic heterocycles. The topological polar surface area (TPSA) is 0 Å². The van der Waals surface area contributed by atoms with E-state index >= 15 is 0 Å². The second-order valence-corrected chi connectivity index (χ2v) is 5.22. The molecule has 3 atom stereocenters. The van der Waals surface area contributed by atoms with Crippen LogP contribution >= 0.6 is 0 Å². The first-order valence-corrected chi connectivity index (χ1v) is 5.77. The van der Waals surface area contributed by atoms with Crippen LogP contribution in [-0.2, 0) is 0 Å². The maximum atomic E-state index is 2.46. The first-order chi connectivity index (χ1) is 5.77. The highest BCUT2D eigenvalue weighted by atomic mass is 14.4. The fraction of sp³-hybridized carbons (Fsp3) is 1.00. The zero-order valence-electron chi connectivity index (χ0n) is 8.55. The molecule has 0 heterocycles. The van der Waals surface area contributed by atoms with Gasteiger partial charge in [0, 0.05) is 0 Å². The van der Waals surface area contributed by atoms with Crippen molar-refractivity contribution in [3.05, 3.63) is 0 Å². The van der Waals surface area contributed by atoms with Crippen LogP contribution in [0.4, 0.5) is 0 Å². The van der Waals surface area contributed by atoms with Gasteiger partial charge in [-0.3, -0.25) is 0 Å². The van der Waals surface area contributed by atoms with Crippen LogP contribution < -0.4 is 0 Å². The van der Waals surface area contributed by atoms with Crippen molar-refractivity contribution in [2.75, 3.05) is 0 Å². The molecule has 2 rings (SSSR count). The van der Waals surface area contributed by atoms with Crippen molar-refractivity contribution in [2.24, 2.45) is 23.7 Å². The minimum atomic E-state index is 0.994. The molecule has 0 nitrogen and oxygen atoms in total. The molecule has 0 aromatic rings. The van der Waals surface area contributed by atoms with Gasteiger partial charge in [-0.25, -0.2) is 0 Å². The van der Waals surface area contributed by atoms with Crippen molar-refractivity contribution in [2.45, 2.75) is 52.4 Å². The fourth-order valence-electron chi connectivity index (χ4n) is 2.81. The molecule has 2 aliphatic carbocycles. The monoisotopic (exact) mass is 166 g/mol. The minimum Gasteiger partial charge on any atom is -0.0623 e. The fourth-order valence-corrected chi connectivity index (χ4v) is 2.81. The van der Waals surface area contributed by atoms with Gasteiger partial charge in [0.1, 0.15) is 0 Å².